The molecule has 0 atom stereocenters. The fourth-order valence-electron chi connectivity index (χ4n) is 1.33. The number of carboxylic acids is 1. The van der Waals surface area contributed by atoms with Crippen LogP contribution >= 0.6 is 11.3 Å². The molecule has 2 aromatic rings. The van der Waals surface area contributed by atoms with Crippen molar-refractivity contribution in [1.82, 2.24) is 4.98 Å². The van der Waals surface area contributed by atoms with Crippen molar-refractivity contribution in [2.45, 2.75) is 0 Å². The van der Waals surface area contributed by atoms with Crippen molar-refractivity contribution in [3.8, 4) is 22.4 Å². The van der Waals surface area contributed by atoms with E-state index in [1.807, 2.05) is 6.07 Å². The van der Waals surface area contributed by atoms with E-state index < -0.39 is 5.97 Å². The number of hydrogen-bond acceptors (Lipinski definition) is 4. The van der Waals surface area contributed by atoms with E-state index in [-0.39, 0.29) is 0 Å². The predicted octanol–water partition coefficient (Wildman–Crippen LogP) is 2.06. The van der Waals surface area contributed by atoms with Crippen LogP contribution in [0.2, 0.25) is 0 Å². The number of aldehydes is 1. The second-order valence-electron chi connectivity index (χ2n) is 3.33. The lowest BCUT2D eigenvalue weighted by Gasteiger charge is -1.96. The molecule has 0 saturated heterocycles. The Morgan fingerprint density at radius 2 is 2.28 bits per heavy atom. The van der Waals surface area contributed by atoms with Gasteiger partial charge >= 0.3 is 5.97 Å². The molecule has 4 nitrogen and oxygen atoms in total. The van der Waals surface area contributed by atoms with Gasteiger partial charge in [-0.05, 0) is 12.1 Å². The Morgan fingerprint density at radius 3 is 2.94 bits per heavy atom. The van der Waals surface area contributed by atoms with Gasteiger partial charge in [0, 0.05) is 22.4 Å². The molecule has 0 bridgehead atoms. The van der Waals surface area contributed by atoms with Crippen LogP contribution in [0.25, 0.3) is 10.6 Å². The van der Waals surface area contributed by atoms with Gasteiger partial charge < -0.3 is 5.11 Å². The van der Waals surface area contributed by atoms with Crippen LogP contribution in [0.3, 0.4) is 0 Å². The van der Waals surface area contributed by atoms with Gasteiger partial charge in [-0.25, -0.2) is 9.78 Å². The molecule has 0 saturated carbocycles. The van der Waals surface area contributed by atoms with Crippen molar-refractivity contribution in [2.75, 3.05) is 0 Å². The highest BCUT2D eigenvalue weighted by atomic mass is 32.1. The molecule has 1 aromatic carbocycles. The minimum Gasteiger partial charge on any atom is -0.472 e. The summed E-state index contributed by atoms with van der Waals surface area (Å²) < 4.78 is 0. The normalized spacial score (nSPS) is 9.33. The second-order valence-corrected chi connectivity index (χ2v) is 4.19. The minimum atomic E-state index is -1.17. The lowest BCUT2D eigenvalue weighted by molar-refractivity contribution is -0.130. The Bertz CT molecular complexity index is 664. The van der Waals surface area contributed by atoms with E-state index in [0.29, 0.717) is 22.6 Å². The molecule has 0 fully saturated rings. The summed E-state index contributed by atoms with van der Waals surface area (Å²) in [5, 5.41) is 10.8. The van der Waals surface area contributed by atoms with E-state index in [1.165, 1.54) is 11.3 Å². The zero-order valence-corrected chi connectivity index (χ0v) is 9.90. The number of benzene rings is 1. The highest BCUT2D eigenvalue weighted by Gasteiger charge is 2.04. The molecule has 0 radical (unpaired) electrons. The van der Waals surface area contributed by atoms with E-state index >= 15 is 0 Å². The third-order valence-electron chi connectivity index (χ3n) is 2.07. The number of rotatable bonds is 2. The van der Waals surface area contributed by atoms with Gasteiger partial charge in [-0.15, -0.1) is 11.3 Å². The first-order valence-corrected chi connectivity index (χ1v) is 5.83. The number of hydrogen-bond donors (Lipinski definition) is 1. The quantitative estimate of drug-likeness (QED) is 0.660. The summed E-state index contributed by atoms with van der Waals surface area (Å²) in [7, 11) is 0. The molecule has 0 aliphatic rings. The van der Waals surface area contributed by atoms with Crippen molar-refractivity contribution in [3.05, 3.63) is 40.9 Å². The first-order chi connectivity index (χ1) is 8.69. The van der Waals surface area contributed by atoms with E-state index in [2.05, 4.69) is 16.8 Å². The topological polar surface area (TPSA) is 67.3 Å². The van der Waals surface area contributed by atoms with Gasteiger partial charge in [0.1, 0.15) is 10.7 Å². The van der Waals surface area contributed by atoms with Gasteiger partial charge in [-0.1, -0.05) is 18.1 Å². The zero-order chi connectivity index (χ0) is 13.0. The van der Waals surface area contributed by atoms with Gasteiger partial charge in [0.15, 0.2) is 6.29 Å². The Hall–Kier alpha value is -2.45. The number of aliphatic carboxylic acids is 1. The summed E-state index contributed by atoms with van der Waals surface area (Å²) in [5.74, 6) is 3.41. The average Bonchev–Trinajstić information content (AvgIpc) is 2.85. The third-order valence-corrected chi connectivity index (χ3v) is 2.98. The highest BCUT2D eigenvalue weighted by molar-refractivity contribution is 7.13. The van der Waals surface area contributed by atoms with Crippen molar-refractivity contribution in [1.29, 1.82) is 0 Å². The standard InChI is InChI=1S/C13H7NO3S/c15-7-11-8-18-13(14-11)10-3-1-2-9(6-10)4-5-12(16)17/h1-3,6-8H,(H,16,17). The number of nitrogens with zero attached hydrogens (tertiary/aromatic N) is 1. The van der Waals surface area contributed by atoms with E-state index in [0.717, 1.165) is 5.56 Å². The highest BCUT2D eigenvalue weighted by Crippen LogP contribution is 2.23. The van der Waals surface area contributed by atoms with Crippen molar-refractivity contribution < 1.29 is 14.7 Å². The molecule has 1 heterocycles. The summed E-state index contributed by atoms with van der Waals surface area (Å²) in [5.41, 5.74) is 1.79. The third kappa shape index (κ3) is 2.81. The van der Waals surface area contributed by atoms with Gasteiger partial charge in [-0.3, -0.25) is 4.79 Å². The van der Waals surface area contributed by atoms with Crippen molar-refractivity contribution >= 4 is 23.6 Å². The number of carbonyl (C=O) groups is 2. The molecule has 0 unspecified atom stereocenters. The number of thiazole rings is 1. The molecule has 0 aliphatic carbocycles. The molecule has 5 heteroatoms. The summed E-state index contributed by atoms with van der Waals surface area (Å²) in [4.78, 5) is 25.0. The molecule has 0 spiro atoms. The number of carbonyl (C=O) groups excluding carboxylic acids is 1. The molecule has 88 valence electrons. The molecular formula is C13H7NO3S. The maximum atomic E-state index is 10.6. The lowest BCUT2D eigenvalue weighted by Crippen LogP contribution is -1.87. The molecule has 1 aromatic heterocycles. The monoisotopic (exact) mass is 257 g/mol. The fraction of sp³-hybridized carbons (Fsp3) is 0. The molecular weight excluding hydrogens is 250 g/mol. The lowest BCUT2D eigenvalue weighted by atomic mass is 10.1. The smallest absolute Gasteiger partial charge is 0.382 e. The van der Waals surface area contributed by atoms with Crippen LogP contribution in [0.15, 0.2) is 29.6 Å². The van der Waals surface area contributed by atoms with Gasteiger partial charge in [0.05, 0.1) is 0 Å². The first kappa shape index (κ1) is 12.0. The Labute approximate surface area is 107 Å². The second kappa shape index (κ2) is 5.25. The van der Waals surface area contributed by atoms with Crippen LogP contribution in [0, 0.1) is 11.8 Å². The molecule has 1 N–H and O–H groups in total. The minimum absolute atomic E-state index is 0.386. The van der Waals surface area contributed by atoms with Crippen LogP contribution < -0.4 is 0 Å². The van der Waals surface area contributed by atoms with Gasteiger partial charge in [-0.2, -0.15) is 0 Å². The Kier molecular flexibility index (Phi) is 3.51. The Balaban J connectivity index is 2.35. The fourth-order valence-corrected chi connectivity index (χ4v) is 2.09. The molecule has 0 aliphatic heterocycles. The summed E-state index contributed by atoms with van der Waals surface area (Å²) in [6.45, 7) is 0. The van der Waals surface area contributed by atoms with Crippen LogP contribution in [0.5, 0.6) is 0 Å². The van der Waals surface area contributed by atoms with E-state index in [9.17, 15) is 9.59 Å². The number of carboxylic acid groups (broad SMARTS) is 1. The summed E-state index contributed by atoms with van der Waals surface area (Å²) in [6, 6.07) is 7.06. The number of aromatic nitrogens is 1. The molecule has 18 heavy (non-hydrogen) atoms. The SMILES string of the molecule is O=Cc1csc(-c2cccc(C#CC(=O)O)c2)n1. The van der Waals surface area contributed by atoms with Crippen LogP contribution in [-0.2, 0) is 4.79 Å². The maximum Gasteiger partial charge on any atom is 0.382 e. The van der Waals surface area contributed by atoms with Crippen LogP contribution in [0.4, 0.5) is 0 Å². The molecule has 0 amide bonds. The largest absolute Gasteiger partial charge is 0.472 e. The zero-order valence-electron chi connectivity index (χ0n) is 9.08. The van der Waals surface area contributed by atoms with E-state index in [1.54, 1.807) is 23.6 Å². The van der Waals surface area contributed by atoms with Crippen molar-refractivity contribution in [3.63, 3.8) is 0 Å². The van der Waals surface area contributed by atoms with Crippen LogP contribution in [0.1, 0.15) is 16.1 Å². The summed E-state index contributed by atoms with van der Waals surface area (Å²) >= 11 is 1.35. The average molecular weight is 257 g/mol. The van der Waals surface area contributed by atoms with E-state index in [4.69, 9.17) is 5.11 Å². The first-order valence-electron chi connectivity index (χ1n) is 4.95. The summed E-state index contributed by atoms with van der Waals surface area (Å²) in [6.07, 6.45) is 0.689. The molecule has 2 rings (SSSR count). The van der Waals surface area contributed by atoms with Gasteiger partial charge in [0.25, 0.3) is 0 Å². The van der Waals surface area contributed by atoms with Crippen LogP contribution in [-0.4, -0.2) is 22.3 Å². The predicted molar refractivity (Wildman–Crippen MR) is 67.5 cm³/mol. The maximum absolute atomic E-state index is 10.6. The van der Waals surface area contributed by atoms with Gasteiger partial charge in [0.2, 0.25) is 0 Å². The Morgan fingerprint density at radius 1 is 1.44 bits per heavy atom. The van der Waals surface area contributed by atoms with Crippen molar-refractivity contribution in [2.24, 2.45) is 0 Å².